The van der Waals surface area contributed by atoms with Crippen molar-refractivity contribution in [1.29, 1.82) is 0 Å². The zero-order chi connectivity index (χ0) is 14.8. The van der Waals surface area contributed by atoms with Gasteiger partial charge in [0.15, 0.2) is 11.6 Å². The van der Waals surface area contributed by atoms with Crippen LogP contribution in [0.15, 0.2) is 30.3 Å². The van der Waals surface area contributed by atoms with Crippen LogP contribution in [-0.4, -0.2) is 24.9 Å². The average Bonchev–Trinajstić information content (AvgIpc) is 2.28. The van der Waals surface area contributed by atoms with Gasteiger partial charge in [-0.2, -0.15) is 0 Å². The molecular weight excluding hydrogens is 323 g/mol. The highest BCUT2D eigenvalue weighted by Crippen LogP contribution is 2.24. The number of hydrogen-bond acceptors (Lipinski definition) is 5. The van der Waals surface area contributed by atoms with E-state index in [-0.39, 0.29) is 5.82 Å². The van der Waals surface area contributed by atoms with Gasteiger partial charge in [0.25, 0.3) is 0 Å². The van der Waals surface area contributed by atoms with Crippen molar-refractivity contribution in [2.45, 2.75) is 0 Å². The Balaban J connectivity index is 2.14. The maximum Gasteiger partial charge on any atom is 0.231 e. The number of halogens is 2. The quantitative estimate of drug-likeness (QED) is 0.899. The van der Waals surface area contributed by atoms with Gasteiger partial charge < -0.3 is 5.32 Å². The van der Waals surface area contributed by atoms with E-state index >= 15 is 0 Å². The van der Waals surface area contributed by atoms with E-state index in [0.717, 1.165) is 6.26 Å². The normalized spacial score (nSPS) is 11.2. The van der Waals surface area contributed by atoms with E-state index in [4.69, 9.17) is 23.2 Å². The number of nitrogens with one attached hydrogen (secondary N) is 2. The van der Waals surface area contributed by atoms with Crippen molar-refractivity contribution in [2.75, 3.05) is 16.3 Å². The lowest BCUT2D eigenvalue weighted by Gasteiger charge is -2.07. The van der Waals surface area contributed by atoms with Gasteiger partial charge in [-0.05, 0) is 30.3 Å². The zero-order valence-electron chi connectivity index (χ0n) is 10.3. The van der Waals surface area contributed by atoms with Gasteiger partial charge in [0.2, 0.25) is 10.0 Å². The first kappa shape index (κ1) is 14.8. The summed E-state index contributed by atoms with van der Waals surface area (Å²) in [6, 6.07) is 8.03. The summed E-state index contributed by atoms with van der Waals surface area (Å²) in [6.45, 7) is 0. The van der Waals surface area contributed by atoms with Crippen molar-refractivity contribution < 1.29 is 8.42 Å². The van der Waals surface area contributed by atoms with Gasteiger partial charge in [0.05, 0.1) is 6.26 Å². The number of benzene rings is 1. The second-order valence-electron chi connectivity index (χ2n) is 3.96. The molecule has 0 bridgehead atoms. The Morgan fingerprint density at radius 2 is 1.55 bits per heavy atom. The summed E-state index contributed by atoms with van der Waals surface area (Å²) in [6.07, 6.45) is 1.04. The lowest BCUT2D eigenvalue weighted by molar-refractivity contribution is 0.606. The van der Waals surface area contributed by atoms with Gasteiger partial charge in [0.1, 0.15) is 0 Å². The van der Waals surface area contributed by atoms with Crippen LogP contribution in [0.1, 0.15) is 0 Å². The highest BCUT2D eigenvalue weighted by Gasteiger charge is 2.05. The third-order valence-corrected chi connectivity index (χ3v) is 3.11. The lowest BCUT2D eigenvalue weighted by atomic mass is 10.3. The first-order valence-electron chi connectivity index (χ1n) is 5.36. The minimum Gasteiger partial charge on any atom is -0.339 e. The second-order valence-corrected chi connectivity index (χ2v) is 6.58. The van der Waals surface area contributed by atoms with E-state index in [2.05, 4.69) is 20.2 Å². The van der Waals surface area contributed by atoms with E-state index in [0.29, 0.717) is 21.6 Å². The van der Waals surface area contributed by atoms with Crippen LogP contribution in [0.4, 0.5) is 17.3 Å². The SMILES string of the molecule is CS(=O)(=O)Nc1ccc(Nc2cc(Cl)cc(Cl)c2)nn1. The van der Waals surface area contributed by atoms with Crippen LogP contribution in [0.25, 0.3) is 0 Å². The molecule has 0 saturated heterocycles. The van der Waals surface area contributed by atoms with Crippen molar-refractivity contribution in [3.8, 4) is 0 Å². The Bertz CT molecular complexity index is 699. The molecule has 2 rings (SSSR count). The molecule has 9 heteroatoms. The second kappa shape index (κ2) is 5.82. The van der Waals surface area contributed by atoms with Crippen LogP contribution < -0.4 is 10.0 Å². The number of hydrogen-bond donors (Lipinski definition) is 2. The maximum absolute atomic E-state index is 11.0. The molecule has 0 amide bonds. The number of aromatic nitrogens is 2. The molecular formula is C11H10Cl2N4O2S. The summed E-state index contributed by atoms with van der Waals surface area (Å²) >= 11 is 11.8. The standard InChI is InChI=1S/C11H10Cl2N4O2S/c1-20(18,19)17-11-3-2-10(15-16-11)14-9-5-7(12)4-8(13)6-9/h2-6H,1H3,(H,14,15)(H,16,17). The number of nitrogens with zero attached hydrogens (tertiary/aromatic N) is 2. The molecule has 1 heterocycles. The molecule has 0 saturated carbocycles. The summed E-state index contributed by atoms with van der Waals surface area (Å²) in [5.41, 5.74) is 0.653. The van der Waals surface area contributed by atoms with Crippen LogP contribution in [0.3, 0.4) is 0 Å². The number of sulfonamides is 1. The van der Waals surface area contributed by atoms with Crippen molar-refractivity contribution in [3.05, 3.63) is 40.4 Å². The molecule has 0 fully saturated rings. The molecule has 1 aromatic carbocycles. The van der Waals surface area contributed by atoms with Crippen LogP contribution in [0.5, 0.6) is 0 Å². The van der Waals surface area contributed by atoms with Crippen molar-refractivity contribution >= 4 is 50.5 Å². The van der Waals surface area contributed by atoms with E-state index in [9.17, 15) is 8.42 Å². The number of anilines is 3. The number of rotatable bonds is 4. The summed E-state index contributed by atoms with van der Waals surface area (Å²) in [5.74, 6) is 0.574. The van der Waals surface area contributed by atoms with Gasteiger partial charge in [-0.25, -0.2) is 8.42 Å². The maximum atomic E-state index is 11.0. The molecule has 0 radical (unpaired) electrons. The van der Waals surface area contributed by atoms with Gasteiger partial charge in [-0.1, -0.05) is 23.2 Å². The molecule has 0 atom stereocenters. The molecule has 106 valence electrons. The summed E-state index contributed by atoms with van der Waals surface area (Å²) in [7, 11) is -3.37. The third kappa shape index (κ3) is 4.52. The van der Waals surface area contributed by atoms with Crippen LogP contribution in [0, 0.1) is 0 Å². The fraction of sp³-hybridized carbons (Fsp3) is 0.0909. The highest BCUT2D eigenvalue weighted by atomic mass is 35.5. The minimum atomic E-state index is -3.37. The van der Waals surface area contributed by atoms with Gasteiger partial charge >= 0.3 is 0 Å². The summed E-state index contributed by atoms with van der Waals surface area (Å²) < 4.78 is 24.3. The van der Waals surface area contributed by atoms with Crippen LogP contribution in [0.2, 0.25) is 10.0 Å². The minimum absolute atomic E-state index is 0.141. The molecule has 6 nitrogen and oxygen atoms in total. The van der Waals surface area contributed by atoms with Crippen molar-refractivity contribution in [2.24, 2.45) is 0 Å². The third-order valence-electron chi connectivity index (χ3n) is 2.09. The first-order valence-corrected chi connectivity index (χ1v) is 8.01. The Labute approximate surface area is 126 Å². The predicted octanol–water partition coefficient (Wildman–Crippen LogP) is 2.90. The Morgan fingerprint density at radius 3 is 2.05 bits per heavy atom. The smallest absolute Gasteiger partial charge is 0.231 e. The van der Waals surface area contributed by atoms with E-state index in [1.54, 1.807) is 24.3 Å². The Kier molecular flexibility index (Phi) is 4.32. The van der Waals surface area contributed by atoms with Gasteiger partial charge in [-0.3, -0.25) is 4.72 Å². The van der Waals surface area contributed by atoms with Crippen molar-refractivity contribution in [3.63, 3.8) is 0 Å². The molecule has 0 aliphatic rings. The van der Waals surface area contributed by atoms with Crippen LogP contribution in [-0.2, 0) is 10.0 Å². The molecule has 0 aliphatic heterocycles. The average molecular weight is 333 g/mol. The van der Waals surface area contributed by atoms with Gasteiger partial charge in [0, 0.05) is 15.7 Å². The van der Waals surface area contributed by atoms with Gasteiger partial charge in [-0.15, -0.1) is 10.2 Å². The predicted molar refractivity (Wildman–Crippen MR) is 80.2 cm³/mol. The topological polar surface area (TPSA) is 84.0 Å². The monoisotopic (exact) mass is 332 g/mol. The Hall–Kier alpha value is -1.57. The summed E-state index contributed by atoms with van der Waals surface area (Å²) in [5, 5.41) is 11.5. The molecule has 20 heavy (non-hydrogen) atoms. The largest absolute Gasteiger partial charge is 0.339 e. The van der Waals surface area contributed by atoms with Crippen molar-refractivity contribution in [1.82, 2.24) is 10.2 Å². The molecule has 2 N–H and O–H groups in total. The molecule has 1 aromatic heterocycles. The fourth-order valence-electron chi connectivity index (χ4n) is 1.42. The van der Waals surface area contributed by atoms with Crippen LogP contribution >= 0.6 is 23.2 Å². The van der Waals surface area contributed by atoms with E-state index < -0.39 is 10.0 Å². The highest BCUT2D eigenvalue weighted by molar-refractivity contribution is 7.92. The molecule has 0 aliphatic carbocycles. The Morgan fingerprint density at radius 1 is 1.00 bits per heavy atom. The van der Waals surface area contributed by atoms with E-state index in [1.165, 1.54) is 6.07 Å². The first-order chi connectivity index (χ1) is 9.32. The summed E-state index contributed by atoms with van der Waals surface area (Å²) in [4.78, 5) is 0. The molecule has 0 spiro atoms. The molecule has 2 aromatic rings. The van der Waals surface area contributed by atoms with E-state index in [1.807, 2.05) is 0 Å². The zero-order valence-corrected chi connectivity index (χ0v) is 12.6. The lowest BCUT2D eigenvalue weighted by Crippen LogP contribution is -2.11. The fourth-order valence-corrected chi connectivity index (χ4v) is 2.43. The molecule has 0 unspecified atom stereocenters.